The number of nitrogens with zero attached hydrogens (tertiary/aromatic N) is 1. The van der Waals surface area contributed by atoms with E-state index in [1.54, 1.807) is 6.07 Å². The zero-order valence-electron chi connectivity index (χ0n) is 9.97. The van der Waals surface area contributed by atoms with Gasteiger partial charge in [0.05, 0.1) is 0 Å². The number of halogens is 5. The molecular weight excluding hydrogens is 389 g/mol. The molecule has 0 unspecified atom stereocenters. The molecule has 1 aliphatic rings. The molecule has 1 fully saturated rings. The summed E-state index contributed by atoms with van der Waals surface area (Å²) in [6.07, 6.45) is -4.28. The van der Waals surface area contributed by atoms with Gasteiger partial charge in [0.25, 0.3) is 0 Å². The fourth-order valence-corrected chi connectivity index (χ4v) is 3.61. The van der Waals surface area contributed by atoms with Gasteiger partial charge in [-0.3, -0.25) is 4.90 Å². The van der Waals surface area contributed by atoms with E-state index in [0.29, 0.717) is 35.1 Å². The summed E-state index contributed by atoms with van der Waals surface area (Å²) in [5, 5.41) is 3.07. The molecule has 19 heavy (non-hydrogen) atoms. The Hall–Kier alpha value is -0.110. The number of benzene rings is 1. The van der Waals surface area contributed by atoms with Crippen molar-refractivity contribution in [1.29, 1.82) is 0 Å². The highest BCUT2D eigenvalue weighted by Crippen LogP contribution is 2.39. The van der Waals surface area contributed by atoms with Gasteiger partial charge in [-0.2, -0.15) is 13.2 Å². The van der Waals surface area contributed by atoms with E-state index >= 15 is 0 Å². The third-order valence-corrected chi connectivity index (χ3v) is 3.94. The molecule has 0 radical (unpaired) electrons. The van der Waals surface area contributed by atoms with Crippen molar-refractivity contribution in [2.75, 3.05) is 26.2 Å². The van der Waals surface area contributed by atoms with Gasteiger partial charge in [0.2, 0.25) is 0 Å². The smallest absolute Gasteiger partial charge is 0.314 e. The van der Waals surface area contributed by atoms with Crippen LogP contribution < -0.4 is 5.32 Å². The third kappa shape index (κ3) is 3.93. The molecule has 106 valence electrons. The van der Waals surface area contributed by atoms with Gasteiger partial charge in [-0.05, 0) is 23.8 Å². The number of nitrogens with one attached hydrogen (secondary N) is 1. The van der Waals surface area contributed by atoms with Crippen LogP contribution in [-0.2, 0) is 0 Å². The Kier molecular flexibility index (Phi) is 4.92. The lowest BCUT2D eigenvalue weighted by molar-refractivity contribution is -0.187. The standard InChI is InChI=1S/C12H13Br2F3N2/c13-9-5-8(6-10(14)7-9)11(12(15,16)17)19-3-1-18-2-4-19/h5-7,11,18H,1-4H2/t11-/m1/s1. The first-order valence-electron chi connectivity index (χ1n) is 5.85. The van der Waals surface area contributed by atoms with E-state index in [1.165, 1.54) is 17.0 Å². The summed E-state index contributed by atoms with van der Waals surface area (Å²) in [4.78, 5) is 1.48. The van der Waals surface area contributed by atoms with Gasteiger partial charge in [0.1, 0.15) is 6.04 Å². The SMILES string of the molecule is FC(F)(F)[C@@H](c1cc(Br)cc(Br)c1)N1CCNCC1. The highest BCUT2D eigenvalue weighted by molar-refractivity contribution is 9.11. The van der Waals surface area contributed by atoms with E-state index in [4.69, 9.17) is 0 Å². The number of piperazine rings is 1. The minimum Gasteiger partial charge on any atom is -0.314 e. The second kappa shape index (κ2) is 6.11. The van der Waals surface area contributed by atoms with Gasteiger partial charge in [0.15, 0.2) is 0 Å². The molecule has 1 aliphatic heterocycles. The van der Waals surface area contributed by atoms with E-state index in [-0.39, 0.29) is 5.56 Å². The summed E-state index contributed by atoms with van der Waals surface area (Å²) in [5.74, 6) is 0. The Morgan fingerprint density at radius 3 is 2.05 bits per heavy atom. The molecule has 0 amide bonds. The van der Waals surface area contributed by atoms with Crippen LogP contribution >= 0.6 is 31.9 Å². The van der Waals surface area contributed by atoms with Crippen LogP contribution in [0.3, 0.4) is 0 Å². The van der Waals surface area contributed by atoms with E-state index in [2.05, 4.69) is 37.2 Å². The van der Waals surface area contributed by atoms with Gasteiger partial charge in [0, 0.05) is 35.1 Å². The van der Waals surface area contributed by atoms with Gasteiger partial charge in [-0.25, -0.2) is 0 Å². The van der Waals surface area contributed by atoms with E-state index in [0.717, 1.165) is 0 Å². The Balaban J connectivity index is 2.36. The quantitative estimate of drug-likeness (QED) is 0.812. The molecule has 1 saturated heterocycles. The van der Waals surface area contributed by atoms with Crippen molar-refractivity contribution in [3.63, 3.8) is 0 Å². The van der Waals surface area contributed by atoms with Crippen molar-refractivity contribution in [2.45, 2.75) is 12.2 Å². The van der Waals surface area contributed by atoms with Crippen molar-refractivity contribution in [3.05, 3.63) is 32.7 Å². The molecule has 7 heteroatoms. The van der Waals surface area contributed by atoms with Crippen LogP contribution in [0, 0.1) is 0 Å². The Morgan fingerprint density at radius 2 is 1.58 bits per heavy atom. The topological polar surface area (TPSA) is 15.3 Å². The summed E-state index contributed by atoms with van der Waals surface area (Å²) in [5.41, 5.74) is 0.260. The second-order valence-corrected chi connectivity index (χ2v) is 6.26. The lowest BCUT2D eigenvalue weighted by Gasteiger charge is -2.36. The van der Waals surface area contributed by atoms with Crippen LogP contribution in [0.15, 0.2) is 27.1 Å². The summed E-state index contributed by atoms with van der Waals surface area (Å²) in [7, 11) is 0. The van der Waals surface area contributed by atoms with E-state index in [9.17, 15) is 13.2 Å². The van der Waals surface area contributed by atoms with Crippen molar-refractivity contribution in [3.8, 4) is 0 Å². The molecule has 1 atom stereocenters. The summed E-state index contributed by atoms with van der Waals surface area (Å²) >= 11 is 6.49. The normalized spacial score (nSPS) is 19.4. The predicted octanol–water partition coefficient (Wildman–Crippen LogP) is 3.72. The maximum absolute atomic E-state index is 13.4. The zero-order chi connectivity index (χ0) is 14.0. The average molecular weight is 402 g/mol. The first kappa shape index (κ1) is 15.3. The summed E-state index contributed by atoms with van der Waals surface area (Å²) in [6, 6.07) is 3.24. The van der Waals surface area contributed by atoms with Crippen LogP contribution in [0.2, 0.25) is 0 Å². The lowest BCUT2D eigenvalue weighted by atomic mass is 10.0. The first-order valence-corrected chi connectivity index (χ1v) is 7.44. The maximum atomic E-state index is 13.4. The highest BCUT2D eigenvalue weighted by Gasteiger charge is 2.45. The van der Waals surface area contributed by atoms with Crippen molar-refractivity contribution in [1.82, 2.24) is 10.2 Å². The third-order valence-electron chi connectivity index (χ3n) is 3.03. The molecular formula is C12H13Br2F3N2. The Labute approximate surface area is 126 Å². The monoisotopic (exact) mass is 400 g/mol. The average Bonchev–Trinajstić information content (AvgIpc) is 2.27. The number of hydrogen-bond acceptors (Lipinski definition) is 2. The van der Waals surface area contributed by atoms with Gasteiger partial charge >= 0.3 is 6.18 Å². The van der Waals surface area contributed by atoms with Crippen molar-refractivity contribution < 1.29 is 13.2 Å². The maximum Gasteiger partial charge on any atom is 0.408 e. The Bertz CT molecular complexity index is 425. The number of rotatable bonds is 2. The van der Waals surface area contributed by atoms with Crippen LogP contribution in [-0.4, -0.2) is 37.3 Å². The first-order chi connectivity index (χ1) is 8.88. The second-order valence-electron chi connectivity index (χ2n) is 4.43. The molecule has 1 heterocycles. The highest BCUT2D eigenvalue weighted by atomic mass is 79.9. The predicted molar refractivity (Wildman–Crippen MR) is 75.1 cm³/mol. The molecule has 2 rings (SSSR count). The molecule has 1 aromatic rings. The van der Waals surface area contributed by atoms with Crippen LogP contribution in [0.4, 0.5) is 13.2 Å². The minimum absolute atomic E-state index is 0.260. The molecule has 0 aliphatic carbocycles. The fraction of sp³-hybridized carbons (Fsp3) is 0.500. The Morgan fingerprint density at radius 1 is 1.05 bits per heavy atom. The largest absolute Gasteiger partial charge is 0.408 e. The van der Waals surface area contributed by atoms with E-state index < -0.39 is 12.2 Å². The fourth-order valence-electron chi connectivity index (χ4n) is 2.28. The molecule has 0 bridgehead atoms. The summed E-state index contributed by atoms with van der Waals surface area (Å²) in [6.45, 7) is 1.96. The zero-order valence-corrected chi connectivity index (χ0v) is 13.1. The van der Waals surface area contributed by atoms with Crippen LogP contribution in [0.1, 0.15) is 11.6 Å². The molecule has 0 spiro atoms. The van der Waals surface area contributed by atoms with Gasteiger partial charge < -0.3 is 5.32 Å². The van der Waals surface area contributed by atoms with Crippen molar-refractivity contribution in [2.24, 2.45) is 0 Å². The van der Waals surface area contributed by atoms with E-state index in [1.807, 2.05) is 0 Å². The van der Waals surface area contributed by atoms with Crippen molar-refractivity contribution >= 4 is 31.9 Å². The number of alkyl halides is 3. The molecule has 0 saturated carbocycles. The van der Waals surface area contributed by atoms with Gasteiger partial charge in [-0.15, -0.1) is 0 Å². The van der Waals surface area contributed by atoms with Crippen LogP contribution in [0.5, 0.6) is 0 Å². The minimum atomic E-state index is -4.28. The lowest BCUT2D eigenvalue weighted by Crippen LogP contribution is -2.49. The number of hydrogen-bond donors (Lipinski definition) is 1. The van der Waals surface area contributed by atoms with Gasteiger partial charge in [-0.1, -0.05) is 31.9 Å². The van der Waals surface area contributed by atoms with Crippen LogP contribution in [0.25, 0.3) is 0 Å². The summed E-state index contributed by atoms with van der Waals surface area (Å²) < 4.78 is 41.4. The molecule has 0 aromatic heterocycles. The molecule has 1 N–H and O–H groups in total. The molecule has 2 nitrogen and oxygen atoms in total. The molecule has 1 aromatic carbocycles.